The Morgan fingerprint density at radius 2 is 1.60 bits per heavy atom. The molecule has 0 unspecified atom stereocenters. The Bertz CT molecular complexity index is 1470. The van der Waals surface area contributed by atoms with E-state index in [4.69, 9.17) is 16.3 Å². The summed E-state index contributed by atoms with van der Waals surface area (Å²) in [5.41, 5.74) is 8.00. The second-order valence-corrected chi connectivity index (χ2v) is 8.50. The maximum atomic E-state index is 12.4. The molecule has 0 radical (unpaired) electrons. The third kappa shape index (κ3) is 5.17. The van der Waals surface area contributed by atoms with Gasteiger partial charge in [-0.05, 0) is 67.4 Å². The molecule has 0 saturated heterocycles. The molecule has 0 atom stereocenters. The first-order valence-corrected chi connectivity index (χ1v) is 11.2. The number of halogens is 1. The van der Waals surface area contributed by atoms with Gasteiger partial charge in [0.1, 0.15) is 5.75 Å². The van der Waals surface area contributed by atoms with Gasteiger partial charge < -0.3 is 4.74 Å². The minimum absolute atomic E-state index is 0.160. The first-order valence-electron chi connectivity index (χ1n) is 10.8. The van der Waals surface area contributed by atoms with Crippen molar-refractivity contribution in [2.24, 2.45) is 7.05 Å². The number of benzene rings is 3. The lowest BCUT2D eigenvalue weighted by Crippen LogP contribution is -2.43. The van der Waals surface area contributed by atoms with Crippen LogP contribution in [0.2, 0.25) is 5.02 Å². The summed E-state index contributed by atoms with van der Waals surface area (Å²) in [6, 6.07) is 17.4. The number of aryl methyl sites for hydroxylation is 3. The Morgan fingerprint density at radius 1 is 0.971 bits per heavy atom. The standard InChI is InChI=1S/C26H23ClN4O4/c1-15-12-18(23-20-6-4-5-7-21(20)26(34)31(3)30-23)13-16(2)24(15)35-14-22(32)28-29-25(33)17-8-10-19(27)11-9-17/h4-13H,14H2,1-3H3,(H,28,32)(H,29,33). The molecular formula is C26H23ClN4O4. The Kier molecular flexibility index (Phi) is 6.84. The van der Waals surface area contributed by atoms with Crippen LogP contribution in [-0.2, 0) is 11.8 Å². The van der Waals surface area contributed by atoms with Crippen molar-refractivity contribution in [3.05, 3.63) is 92.7 Å². The van der Waals surface area contributed by atoms with Crippen molar-refractivity contribution in [2.45, 2.75) is 13.8 Å². The largest absolute Gasteiger partial charge is 0.483 e. The lowest BCUT2D eigenvalue weighted by molar-refractivity contribution is -0.123. The zero-order chi connectivity index (χ0) is 25.1. The molecule has 0 saturated carbocycles. The highest BCUT2D eigenvalue weighted by molar-refractivity contribution is 6.30. The monoisotopic (exact) mass is 490 g/mol. The van der Waals surface area contributed by atoms with Crippen molar-refractivity contribution >= 4 is 34.2 Å². The van der Waals surface area contributed by atoms with Gasteiger partial charge in [0, 0.05) is 28.6 Å². The van der Waals surface area contributed by atoms with E-state index in [9.17, 15) is 14.4 Å². The third-order valence-electron chi connectivity index (χ3n) is 5.46. The summed E-state index contributed by atoms with van der Waals surface area (Å²) < 4.78 is 7.08. The van der Waals surface area contributed by atoms with Crippen molar-refractivity contribution in [1.29, 1.82) is 0 Å². The molecule has 0 aliphatic heterocycles. The molecule has 1 aromatic heterocycles. The molecule has 2 N–H and O–H groups in total. The fourth-order valence-corrected chi connectivity index (χ4v) is 3.93. The van der Waals surface area contributed by atoms with Gasteiger partial charge in [-0.3, -0.25) is 25.2 Å². The van der Waals surface area contributed by atoms with E-state index in [2.05, 4.69) is 16.0 Å². The van der Waals surface area contributed by atoms with Crippen LogP contribution in [-0.4, -0.2) is 28.2 Å². The van der Waals surface area contributed by atoms with Gasteiger partial charge in [-0.25, -0.2) is 4.68 Å². The molecule has 4 aromatic rings. The van der Waals surface area contributed by atoms with Gasteiger partial charge in [0.2, 0.25) is 0 Å². The van der Waals surface area contributed by atoms with Crippen LogP contribution in [0.5, 0.6) is 5.75 Å². The summed E-state index contributed by atoms with van der Waals surface area (Å²) in [5.74, 6) is -0.424. The number of aromatic nitrogens is 2. The van der Waals surface area contributed by atoms with Crippen molar-refractivity contribution < 1.29 is 14.3 Å². The fraction of sp³-hybridized carbons (Fsp3) is 0.154. The average Bonchev–Trinajstić information content (AvgIpc) is 2.84. The predicted molar refractivity (Wildman–Crippen MR) is 134 cm³/mol. The van der Waals surface area contributed by atoms with Gasteiger partial charge in [0.25, 0.3) is 17.4 Å². The number of amides is 2. The molecule has 3 aromatic carbocycles. The van der Waals surface area contributed by atoms with Crippen LogP contribution in [0.4, 0.5) is 0 Å². The molecular weight excluding hydrogens is 468 g/mol. The van der Waals surface area contributed by atoms with Crippen LogP contribution >= 0.6 is 11.6 Å². The molecule has 178 valence electrons. The minimum atomic E-state index is -0.513. The zero-order valence-corrected chi connectivity index (χ0v) is 20.1. The van der Waals surface area contributed by atoms with E-state index < -0.39 is 11.8 Å². The van der Waals surface area contributed by atoms with E-state index in [1.165, 1.54) is 4.68 Å². The molecule has 0 bridgehead atoms. The second-order valence-electron chi connectivity index (χ2n) is 8.06. The number of nitrogens with one attached hydrogen (secondary N) is 2. The number of carbonyl (C=O) groups is 2. The Balaban J connectivity index is 1.47. The number of rotatable bonds is 5. The van der Waals surface area contributed by atoms with Crippen LogP contribution in [0, 0.1) is 13.8 Å². The number of hydrazine groups is 1. The smallest absolute Gasteiger partial charge is 0.276 e. The molecule has 8 nitrogen and oxygen atoms in total. The minimum Gasteiger partial charge on any atom is -0.483 e. The van der Waals surface area contributed by atoms with Crippen LogP contribution in [0.15, 0.2) is 65.5 Å². The summed E-state index contributed by atoms with van der Waals surface area (Å²) in [7, 11) is 1.62. The van der Waals surface area contributed by atoms with Gasteiger partial charge in [-0.15, -0.1) is 0 Å². The lowest BCUT2D eigenvalue weighted by atomic mass is 10.00. The highest BCUT2D eigenvalue weighted by atomic mass is 35.5. The second kappa shape index (κ2) is 9.99. The zero-order valence-electron chi connectivity index (χ0n) is 19.4. The number of fused-ring (bicyclic) bond motifs is 1. The maximum Gasteiger partial charge on any atom is 0.276 e. The summed E-state index contributed by atoms with van der Waals surface area (Å²) in [6.45, 7) is 3.45. The topological polar surface area (TPSA) is 102 Å². The first kappa shape index (κ1) is 24.0. The molecule has 0 spiro atoms. The fourth-order valence-electron chi connectivity index (χ4n) is 3.80. The highest BCUT2D eigenvalue weighted by Gasteiger charge is 2.15. The number of nitrogens with zero attached hydrogens (tertiary/aromatic N) is 2. The molecule has 4 rings (SSSR count). The van der Waals surface area contributed by atoms with Crippen molar-refractivity contribution in [3.63, 3.8) is 0 Å². The van der Waals surface area contributed by atoms with Gasteiger partial charge in [0.05, 0.1) is 11.1 Å². The molecule has 35 heavy (non-hydrogen) atoms. The number of ether oxygens (including phenoxy) is 1. The Hall–Kier alpha value is -4.17. The molecule has 9 heteroatoms. The Morgan fingerprint density at radius 3 is 2.26 bits per heavy atom. The van der Waals surface area contributed by atoms with Crippen LogP contribution in [0.1, 0.15) is 21.5 Å². The number of hydrogen-bond acceptors (Lipinski definition) is 5. The normalized spacial score (nSPS) is 10.7. The van der Waals surface area contributed by atoms with E-state index in [0.29, 0.717) is 27.4 Å². The van der Waals surface area contributed by atoms with E-state index in [-0.39, 0.29) is 12.2 Å². The van der Waals surface area contributed by atoms with E-state index >= 15 is 0 Å². The van der Waals surface area contributed by atoms with Gasteiger partial charge in [-0.2, -0.15) is 5.10 Å². The summed E-state index contributed by atoms with van der Waals surface area (Å²) in [6.07, 6.45) is 0. The predicted octanol–water partition coefficient (Wildman–Crippen LogP) is 3.71. The van der Waals surface area contributed by atoms with Crippen LogP contribution < -0.4 is 21.1 Å². The molecule has 0 aliphatic carbocycles. The molecule has 2 amide bonds. The van der Waals surface area contributed by atoms with Crippen molar-refractivity contribution in [3.8, 4) is 17.0 Å². The third-order valence-corrected chi connectivity index (χ3v) is 5.71. The quantitative estimate of drug-likeness (QED) is 0.415. The summed E-state index contributed by atoms with van der Waals surface area (Å²) >= 11 is 5.82. The van der Waals surface area contributed by atoms with E-state index in [0.717, 1.165) is 22.1 Å². The van der Waals surface area contributed by atoms with E-state index in [1.807, 2.05) is 44.2 Å². The number of carbonyl (C=O) groups excluding carboxylic acids is 2. The molecule has 1 heterocycles. The van der Waals surface area contributed by atoms with Gasteiger partial charge >= 0.3 is 0 Å². The summed E-state index contributed by atoms with van der Waals surface area (Å²) in [4.78, 5) is 36.8. The van der Waals surface area contributed by atoms with E-state index in [1.54, 1.807) is 37.4 Å². The van der Waals surface area contributed by atoms with Crippen LogP contribution in [0.25, 0.3) is 22.0 Å². The first-order chi connectivity index (χ1) is 16.7. The molecule has 0 aliphatic rings. The number of hydrogen-bond donors (Lipinski definition) is 2. The van der Waals surface area contributed by atoms with Gasteiger partial charge in [0.15, 0.2) is 6.61 Å². The highest BCUT2D eigenvalue weighted by Crippen LogP contribution is 2.32. The van der Waals surface area contributed by atoms with Crippen molar-refractivity contribution in [1.82, 2.24) is 20.6 Å². The summed E-state index contributed by atoms with van der Waals surface area (Å²) in [5, 5.41) is 6.34. The maximum absolute atomic E-state index is 12.4. The van der Waals surface area contributed by atoms with Gasteiger partial charge in [-0.1, -0.05) is 29.8 Å². The average molecular weight is 491 g/mol. The van der Waals surface area contributed by atoms with Crippen LogP contribution in [0.3, 0.4) is 0 Å². The SMILES string of the molecule is Cc1cc(-c2nn(C)c(=O)c3ccccc23)cc(C)c1OCC(=O)NNC(=O)c1ccc(Cl)cc1. The Labute approximate surface area is 206 Å². The van der Waals surface area contributed by atoms with Crippen molar-refractivity contribution in [2.75, 3.05) is 6.61 Å². The molecule has 0 fully saturated rings. The lowest BCUT2D eigenvalue weighted by Gasteiger charge is -2.15.